The minimum Gasteiger partial charge on any atom is -0.364 e. The lowest BCUT2D eigenvalue weighted by Crippen LogP contribution is -2.40. The van der Waals surface area contributed by atoms with Gasteiger partial charge in [0.2, 0.25) is 0 Å². The van der Waals surface area contributed by atoms with Crippen molar-refractivity contribution in [3.63, 3.8) is 0 Å². The third-order valence-electron chi connectivity index (χ3n) is 10.2. The molecule has 2 nitrogen and oxygen atoms in total. The van der Waals surface area contributed by atoms with Crippen LogP contribution in [0.25, 0.3) is 21.5 Å². The van der Waals surface area contributed by atoms with Crippen molar-refractivity contribution in [2.75, 3.05) is 22.9 Å². The van der Waals surface area contributed by atoms with E-state index < -0.39 is 0 Å². The SMILES string of the molecule is CCCCN1/C(=C/C=C/C=C/C=C/C2N(CCCC)c3ccc4ccccc4c3C2(C)C)C(C)(C)c2c1ccc1ccccc21. The summed E-state index contributed by atoms with van der Waals surface area (Å²) in [5, 5.41) is 5.42. The lowest BCUT2D eigenvalue weighted by Gasteiger charge is -2.32. The van der Waals surface area contributed by atoms with E-state index in [1.807, 2.05) is 0 Å². The molecule has 0 aliphatic carbocycles. The highest BCUT2D eigenvalue weighted by molar-refractivity contribution is 5.95. The van der Waals surface area contributed by atoms with Crippen molar-refractivity contribution in [3.8, 4) is 0 Å². The van der Waals surface area contributed by atoms with Crippen LogP contribution in [0.2, 0.25) is 0 Å². The van der Waals surface area contributed by atoms with Gasteiger partial charge in [0.1, 0.15) is 0 Å². The minimum atomic E-state index is -0.0624. The van der Waals surface area contributed by atoms with Crippen LogP contribution in [0.1, 0.15) is 78.4 Å². The maximum absolute atomic E-state index is 2.64. The Morgan fingerprint density at radius 2 is 1.20 bits per heavy atom. The van der Waals surface area contributed by atoms with Crippen LogP contribution in [-0.4, -0.2) is 19.1 Å². The van der Waals surface area contributed by atoms with E-state index in [0.29, 0.717) is 6.04 Å². The summed E-state index contributed by atoms with van der Waals surface area (Å²) in [6, 6.07) is 27.3. The van der Waals surface area contributed by atoms with Gasteiger partial charge in [-0.25, -0.2) is 0 Å². The van der Waals surface area contributed by atoms with E-state index in [2.05, 4.69) is 167 Å². The van der Waals surface area contributed by atoms with Gasteiger partial charge in [0.05, 0.1) is 6.04 Å². The molecule has 2 aliphatic rings. The highest BCUT2D eigenvalue weighted by Crippen LogP contribution is 2.51. The van der Waals surface area contributed by atoms with E-state index in [4.69, 9.17) is 0 Å². The van der Waals surface area contributed by atoms with Crippen LogP contribution in [0.4, 0.5) is 11.4 Å². The van der Waals surface area contributed by atoms with Crippen molar-refractivity contribution in [1.29, 1.82) is 0 Å². The molecule has 0 aromatic heterocycles. The van der Waals surface area contributed by atoms with Crippen molar-refractivity contribution in [2.45, 2.75) is 84.1 Å². The zero-order valence-electron chi connectivity index (χ0n) is 28.2. The molecule has 1 unspecified atom stereocenters. The maximum atomic E-state index is 2.64. The standard InChI is InChI=1S/C43H50N2/c1-7-9-30-44-36-28-26-32-20-16-18-22-34(32)40(36)42(3,4)38(44)24-14-12-11-13-15-25-39-43(5,6)41-35-23-19-17-21-33(35)27-29-37(41)45(39)31-10-8-2/h11-29,38H,7-10,30-31H2,1-6H3/b12-11+,15-13+,24-14+,39-25+. The fourth-order valence-corrected chi connectivity index (χ4v) is 7.90. The molecule has 0 saturated carbocycles. The zero-order valence-corrected chi connectivity index (χ0v) is 28.2. The van der Waals surface area contributed by atoms with Crippen LogP contribution in [0, 0.1) is 0 Å². The Hall–Kier alpha value is -4.04. The fourth-order valence-electron chi connectivity index (χ4n) is 7.90. The molecule has 0 fully saturated rings. The van der Waals surface area contributed by atoms with E-state index in [-0.39, 0.29) is 10.8 Å². The molecule has 2 aliphatic heterocycles. The highest BCUT2D eigenvalue weighted by atomic mass is 15.2. The molecule has 1 atom stereocenters. The first-order chi connectivity index (χ1) is 21.8. The molecule has 2 heterocycles. The van der Waals surface area contributed by atoms with Crippen molar-refractivity contribution in [1.82, 2.24) is 0 Å². The van der Waals surface area contributed by atoms with Gasteiger partial charge >= 0.3 is 0 Å². The Bertz CT molecular complexity index is 1800. The van der Waals surface area contributed by atoms with Crippen LogP contribution in [0.5, 0.6) is 0 Å². The number of allylic oxidation sites excluding steroid dienone is 7. The molecule has 0 N–H and O–H groups in total. The monoisotopic (exact) mass is 594 g/mol. The number of unbranched alkanes of at least 4 members (excludes halogenated alkanes) is 2. The van der Waals surface area contributed by atoms with Crippen LogP contribution in [-0.2, 0) is 10.8 Å². The number of hydrogen-bond donors (Lipinski definition) is 0. The summed E-state index contributed by atoms with van der Waals surface area (Å²) < 4.78 is 0. The van der Waals surface area contributed by atoms with Crippen molar-refractivity contribution < 1.29 is 0 Å². The predicted molar refractivity (Wildman–Crippen MR) is 198 cm³/mol. The second-order valence-corrected chi connectivity index (χ2v) is 13.9. The van der Waals surface area contributed by atoms with Crippen LogP contribution >= 0.6 is 0 Å². The van der Waals surface area contributed by atoms with Gasteiger partial charge in [-0.2, -0.15) is 0 Å². The second-order valence-electron chi connectivity index (χ2n) is 13.9. The zero-order chi connectivity index (χ0) is 31.6. The van der Waals surface area contributed by atoms with Gasteiger partial charge in [0, 0.05) is 41.0 Å². The van der Waals surface area contributed by atoms with Gasteiger partial charge in [-0.3, -0.25) is 0 Å². The number of rotatable bonds is 10. The fraction of sp³-hybridized carbons (Fsp3) is 0.349. The summed E-state index contributed by atoms with van der Waals surface area (Å²) in [7, 11) is 0. The third kappa shape index (κ3) is 5.54. The lowest BCUT2D eigenvalue weighted by atomic mass is 9.78. The molecule has 6 rings (SSSR count). The molecular formula is C43H50N2. The average Bonchev–Trinajstić information content (AvgIpc) is 3.40. The first-order valence-corrected chi connectivity index (χ1v) is 17.1. The first kappa shape index (κ1) is 31.0. The molecular weight excluding hydrogens is 544 g/mol. The second kappa shape index (κ2) is 12.8. The van der Waals surface area contributed by atoms with Crippen molar-refractivity contribution in [2.24, 2.45) is 0 Å². The summed E-state index contributed by atoms with van der Waals surface area (Å²) in [4.78, 5) is 5.21. The van der Waals surface area contributed by atoms with Gasteiger partial charge in [0.15, 0.2) is 0 Å². The van der Waals surface area contributed by atoms with Gasteiger partial charge in [-0.15, -0.1) is 0 Å². The average molecular weight is 595 g/mol. The topological polar surface area (TPSA) is 6.48 Å². The molecule has 0 bridgehead atoms. The van der Waals surface area contributed by atoms with E-state index in [1.165, 1.54) is 75.4 Å². The van der Waals surface area contributed by atoms with E-state index in [0.717, 1.165) is 13.1 Å². The van der Waals surface area contributed by atoms with Crippen LogP contribution in [0.15, 0.2) is 121 Å². The van der Waals surface area contributed by atoms with Gasteiger partial charge in [-0.05, 0) is 63.7 Å². The molecule has 4 aromatic carbocycles. The van der Waals surface area contributed by atoms with Crippen molar-refractivity contribution in [3.05, 3.63) is 132 Å². The summed E-state index contributed by atoms with van der Waals surface area (Å²) in [5.41, 5.74) is 7.05. The van der Waals surface area contributed by atoms with E-state index in [1.54, 1.807) is 0 Å². The number of hydrogen-bond acceptors (Lipinski definition) is 2. The number of benzene rings is 4. The van der Waals surface area contributed by atoms with E-state index in [9.17, 15) is 0 Å². The summed E-state index contributed by atoms with van der Waals surface area (Å²) >= 11 is 0. The smallest absolute Gasteiger partial charge is 0.0568 e. The van der Waals surface area contributed by atoms with Gasteiger partial charge in [0.25, 0.3) is 0 Å². The Labute approximate surface area is 271 Å². The number of fused-ring (bicyclic) bond motifs is 6. The summed E-state index contributed by atoms with van der Waals surface area (Å²) in [5.74, 6) is 0. The molecule has 45 heavy (non-hydrogen) atoms. The molecule has 0 saturated heterocycles. The highest BCUT2D eigenvalue weighted by Gasteiger charge is 2.44. The maximum Gasteiger partial charge on any atom is 0.0568 e. The summed E-state index contributed by atoms with van der Waals surface area (Å²) in [6.45, 7) is 16.3. The molecule has 4 aromatic rings. The normalized spacial score (nSPS) is 19.7. The molecule has 2 heteroatoms. The Morgan fingerprint density at radius 3 is 1.89 bits per heavy atom. The van der Waals surface area contributed by atoms with Crippen molar-refractivity contribution >= 4 is 32.9 Å². The molecule has 0 radical (unpaired) electrons. The first-order valence-electron chi connectivity index (χ1n) is 17.1. The van der Waals surface area contributed by atoms with Gasteiger partial charge in [-0.1, -0.05) is 152 Å². The Kier molecular flexibility index (Phi) is 8.78. The minimum absolute atomic E-state index is 0.0176. The molecule has 0 amide bonds. The Balaban J connectivity index is 1.24. The lowest BCUT2D eigenvalue weighted by molar-refractivity contribution is 0.473. The van der Waals surface area contributed by atoms with E-state index >= 15 is 0 Å². The number of nitrogens with zero attached hydrogens (tertiary/aromatic N) is 2. The quantitative estimate of drug-likeness (QED) is 0.169. The third-order valence-corrected chi connectivity index (χ3v) is 10.2. The number of anilines is 2. The summed E-state index contributed by atoms with van der Waals surface area (Å²) in [6.07, 6.45) is 20.6. The Morgan fingerprint density at radius 1 is 0.622 bits per heavy atom. The van der Waals surface area contributed by atoms with Crippen LogP contribution in [0.3, 0.4) is 0 Å². The molecule has 232 valence electrons. The largest absolute Gasteiger partial charge is 0.364 e. The van der Waals surface area contributed by atoms with Gasteiger partial charge < -0.3 is 9.80 Å². The predicted octanol–water partition coefficient (Wildman–Crippen LogP) is 11.4. The molecule has 0 spiro atoms. The van der Waals surface area contributed by atoms with Crippen LogP contribution < -0.4 is 9.80 Å².